The van der Waals surface area contributed by atoms with E-state index in [-0.39, 0.29) is 29.6 Å². The van der Waals surface area contributed by atoms with Gasteiger partial charge in [0.25, 0.3) is 0 Å². The first kappa shape index (κ1) is 21.0. The number of hydrogen-bond donors (Lipinski definition) is 0. The standard InChI is InChI=1S/C21H23N5O4S/c1-25-19-7-11-26(21(27)8-12-31(28,29)16-5-3-2-4-6-16)14-17(19)18(24-25)15-30-20-13-22-9-10-23-20/h2-6,9-10,13H,7-8,11-12,14-15H2,1H3. The summed E-state index contributed by atoms with van der Waals surface area (Å²) in [4.78, 5) is 22.8. The molecule has 10 heteroatoms. The molecule has 0 atom stereocenters. The van der Waals surface area contributed by atoms with Crippen LogP contribution in [0.25, 0.3) is 0 Å². The van der Waals surface area contributed by atoms with Crippen LogP contribution in [0.5, 0.6) is 5.88 Å². The van der Waals surface area contributed by atoms with E-state index in [9.17, 15) is 13.2 Å². The fourth-order valence-corrected chi connectivity index (χ4v) is 4.88. The van der Waals surface area contributed by atoms with Gasteiger partial charge in [-0.2, -0.15) is 5.10 Å². The van der Waals surface area contributed by atoms with E-state index in [4.69, 9.17) is 4.74 Å². The van der Waals surface area contributed by atoms with E-state index in [2.05, 4.69) is 15.1 Å². The van der Waals surface area contributed by atoms with Crippen LogP contribution in [0.4, 0.5) is 0 Å². The number of ether oxygens (including phenoxy) is 1. The van der Waals surface area contributed by atoms with Crippen molar-refractivity contribution < 1.29 is 17.9 Å². The number of carbonyl (C=O) groups excluding carboxylic acids is 1. The molecule has 1 amide bonds. The molecule has 31 heavy (non-hydrogen) atoms. The second-order valence-electron chi connectivity index (χ2n) is 7.28. The second-order valence-corrected chi connectivity index (χ2v) is 9.38. The molecule has 1 aromatic carbocycles. The lowest BCUT2D eigenvalue weighted by Gasteiger charge is -2.27. The van der Waals surface area contributed by atoms with E-state index in [1.807, 2.05) is 11.7 Å². The maximum absolute atomic E-state index is 12.8. The average Bonchev–Trinajstić information content (AvgIpc) is 3.12. The van der Waals surface area contributed by atoms with Crippen LogP contribution in [0.15, 0.2) is 53.8 Å². The van der Waals surface area contributed by atoms with Gasteiger partial charge in [-0.15, -0.1) is 0 Å². The van der Waals surface area contributed by atoms with Crippen molar-refractivity contribution in [2.75, 3.05) is 12.3 Å². The molecule has 0 bridgehead atoms. The SMILES string of the molecule is Cn1nc(COc2cnccn2)c2c1CCN(C(=O)CCS(=O)(=O)c1ccccc1)C2. The molecule has 162 valence electrons. The van der Waals surface area contributed by atoms with Crippen molar-refractivity contribution in [3.05, 3.63) is 65.9 Å². The number of fused-ring (bicyclic) bond motifs is 1. The summed E-state index contributed by atoms with van der Waals surface area (Å²) in [5, 5.41) is 4.54. The third-order valence-corrected chi connectivity index (χ3v) is 6.99. The largest absolute Gasteiger partial charge is 0.470 e. The number of carbonyl (C=O) groups is 1. The Balaban J connectivity index is 1.41. The first-order valence-electron chi connectivity index (χ1n) is 9.92. The summed E-state index contributed by atoms with van der Waals surface area (Å²) in [7, 11) is -1.63. The Morgan fingerprint density at radius 3 is 2.74 bits per heavy atom. The summed E-state index contributed by atoms with van der Waals surface area (Å²) in [6.07, 6.45) is 5.24. The van der Waals surface area contributed by atoms with Gasteiger partial charge in [-0.05, 0) is 12.1 Å². The first-order valence-corrected chi connectivity index (χ1v) is 11.6. The van der Waals surface area contributed by atoms with Crippen molar-refractivity contribution in [3.63, 3.8) is 0 Å². The predicted molar refractivity (Wildman–Crippen MR) is 112 cm³/mol. The van der Waals surface area contributed by atoms with Gasteiger partial charge in [0.15, 0.2) is 9.84 Å². The van der Waals surface area contributed by atoms with Crippen molar-refractivity contribution in [1.29, 1.82) is 0 Å². The van der Waals surface area contributed by atoms with Gasteiger partial charge in [-0.1, -0.05) is 18.2 Å². The highest BCUT2D eigenvalue weighted by molar-refractivity contribution is 7.91. The third-order valence-electron chi connectivity index (χ3n) is 5.26. The van der Waals surface area contributed by atoms with Gasteiger partial charge in [0.1, 0.15) is 12.3 Å². The minimum absolute atomic E-state index is 0.0573. The van der Waals surface area contributed by atoms with Gasteiger partial charge in [0.05, 0.1) is 16.8 Å². The highest BCUT2D eigenvalue weighted by Gasteiger charge is 2.28. The van der Waals surface area contributed by atoms with Gasteiger partial charge in [0, 0.05) is 56.6 Å². The molecule has 9 nitrogen and oxygen atoms in total. The van der Waals surface area contributed by atoms with Crippen molar-refractivity contribution in [2.45, 2.75) is 30.9 Å². The molecule has 0 N–H and O–H groups in total. The van der Waals surface area contributed by atoms with Gasteiger partial charge in [0.2, 0.25) is 11.8 Å². The molecule has 4 rings (SSSR count). The van der Waals surface area contributed by atoms with Crippen molar-refractivity contribution >= 4 is 15.7 Å². The Bertz CT molecular complexity index is 1160. The predicted octanol–water partition coefficient (Wildman–Crippen LogP) is 1.54. The number of sulfone groups is 1. The molecule has 3 aromatic rings. The molecule has 0 spiro atoms. The van der Waals surface area contributed by atoms with Crippen LogP contribution in [-0.2, 0) is 41.3 Å². The van der Waals surface area contributed by atoms with E-state index >= 15 is 0 Å². The number of benzene rings is 1. The van der Waals surface area contributed by atoms with Gasteiger partial charge in [-0.3, -0.25) is 14.5 Å². The topological polar surface area (TPSA) is 107 Å². The van der Waals surface area contributed by atoms with Crippen LogP contribution in [0, 0.1) is 0 Å². The van der Waals surface area contributed by atoms with Crippen LogP contribution in [-0.4, -0.2) is 51.3 Å². The zero-order valence-corrected chi connectivity index (χ0v) is 18.0. The zero-order valence-electron chi connectivity index (χ0n) is 17.1. The Hall–Kier alpha value is -3.27. The van der Waals surface area contributed by atoms with Crippen molar-refractivity contribution in [3.8, 4) is 5.88 Å². The molecular weight excluding hydrogens is 418 g/mol. The van der Waals surface area contributed by atoms with Crippen LogP contribution < -0.4 is 4.74 Å². The van der Waals surface area contributed by atoms with Crippen molar-refractivity contribution in [2.24, 2.45) is 7.05 Å². The Labute approximate surface area is 180 Å². The van der Waals surface area contributed by atoms with Crippen LogP contribution in [0.3, 0.4) is 0 Å². The number of hydrogen-bond acceptors (Lipinski definition) is 7. The zero-order chi connectivity index (χ0) is 21.8. The molecule has 1 aliphatic heterocycles. The maximum atomic E-state index is 12.8. The minimum Gasteiger partial charge on any atom is -0.470 e. The summed E-state index contributed by atoms with van der Waals surface area (Å²) in [5.74, 6) is 0.00101. The summed E-state index contributed by atoms with van der Waals surface area (Å²) in [6.45, 7) is 1.13. The first-order chi connectivity index (χ1) is 14.9. The highest BCUT2D eigenvalue weighted by Crippen LogP contribution is 2.24. The summed E-state index contributed by atoms with van der Waals surface area (Å²) >= 11 is 0. The van der Waals surface area contributed by atoms with E-state index in [0.717, 1.165) is 17.0 Å². The Morgan fingerprint density at radius 1 is 1.19 bits per heavy atom. The molecule has 0 saturated carbocycles. The molecular formula is C21H23N5O4S. The normalized spacial score (nSPS) is 13.6. The number of nitrogens with zero attached hydrogens (tertiary/aromatic N) is 5. The number of amides is 1. The lowest BCUT2D eigenvalue weighted by atomic mass is 10.0. The Morgan fingerprint density at radius 2 is 2.00 bits per heavy atom. The summed E-state index contributed by atoms with van der Waals surface area (Å²) < 4.78 is 32.5. The smallest absolute Gasteiger partial charge is 0.232 e. The number of aromatic nitrogens is 4. The Kier molecular flexibility index (Phi) is 5.99. The molecule has 3 heterocycles. The number of rotatable bonds is 7. The van der Waals surface area contributed by atoms with Crippen LogP contribution in [0.1, 0.15) is 23.4 Å². The molecule has 1 aliphatic rings. The number of aryl methyl sites for hydroxylation is 1. The van der Waals surface area contributed by atoms with Crippen LogP contribution in [0.2, 0.25) is 0 Å². The second kappa shape index (κ2) is 8.84. The molecule has 0 aliphatic carbocycles. The fourth-order valence-electron chi connectivity index (χ4n) is 3.63. The quantitative estimate of drug-likeness (QED) is 0.547. The summed E-state index contributed by atoms with van der Waals surface area (Å²) in [5.41, 5.74) is 2.73. The van der Waals surface area contributed by atoms with E-state index in [1.165, 1.54) is 6.20 Å². The molecule has 2 aromatic heterocycles. The molecule has 0 unspecified atom stereocenters. The fraction of sp³-hybridized carbons (Fsp3) is 0.333. The van der Waals surface area contributed by atoms with E-state index < -0.39 is 9.84 Å². The minimum atomic E-state index is -3.49. The average molecular weight is 442 g/mol. The van der Waals surface area contributed by atoms with Gasteiger partial charge >= 0.3 is 0 Å². The molecule has 0 saturated heterocycles. The van der Waals surface area contributed by atoms with Gasteiger partial charge < -0.3 is 9.64 Å². The van der Waals surface area contributed by atoms with Crippen molar-refractivity contribution in [1.82, 2.24) is 24.6 Å². The maximum Gasteiger partial charge on any atom is 0.232 e. The lowest BCUT2D eigenvalue weighted by Crippen LogP contribution is -2.37. The third kappa shape index (κ3) is 4.74. The van der Waals surface area contributed by atoms with E-state index in [0.29, 0.717) is 25.4 Å². The lowest BCUT2D eigenvalue weighted by molar-refractivity contribution is -0.131. The summed E-state index contributed by atoms with van der Waals surface area (Å²) in [6, 6.07) is 8.20. The highest BCUT2D eigenvalue weighted by atomic mass is 32.2. The monoisotopic (exact) mass is 441 g/mol. The molecule has 0 fully saturated rings. The van der Waals surface area contributed by atoms with Gasteiger partial charge in [-0.25, -0.2) is 13.4 Å². The van der Waals surface area contributed by atoms with E-state index in [1.54, 1.807) is 47.6 Å². The van der Waals surface area contributed by atoms with Crippen LogP contribution >= 0.6 is 0 Å². The molecule has 0 radical (unpaired) electrons.